The molecule has 0 saturated heterocycles. The first-order valence-electron chi connectivity index (χ1n) is 11.1. The number of fused-ring (bicyclic) bond motifs is 1. The third-order valence-electron chi connectivity index (χ3n) is 5.60. The second kappa shape index (κ2) is 11.0. The molecule has 184 valence electrons. The number of nitrogens with one attached hydrogen (secondary N) is 2. The van der Waals surface area contributed by atoms with Crippen LogP contribution < -0.4 is 15.5 Å². The Morgan fingerprint density at radius 3 is 2.50 bits per heavy atom. The molecule has 2 aromatic carbocycles. The van der Waals surface area contributed by atoms with Gasteiger partial charge in [-0.3, -0.25) is 9.59 Å². The van der Waals surface area contributed by atoms with Gasteiger partial charge >= 0.3 is 23.8 Å². The molecule has 0 bridgehead atoms. The van der Waals surface area contributed by atoms with Gasteiger partial charge in [0.1, 0.15) is 10.8 Å². The summed E-state index contributed by atoms with van der Waals surface area (Å²) in [6, 6.07) is 13.7. The highest BCUT2D eigenvalue weighted by atomic mass is 32.1. The van der Waals surface area contributed by atoms with Gasteiger partial charge in [-0.25, -0.2) is 15.0 Å². The molecule has 2 amide bonds. The first kappa shape index (κ1) is 24.8. The molecular formula is C26H23N3O6S. The highest BCUT2D eigenvalue weighted by molar-refractivity contribution is 7.17. The van der Waals surface area contributed by atoms with E-state index in [1.54, 1.807) is 36.4 Å². The lowest BCUT2D eigenvalue weighted by atomic mass is 10.1. The van der Waals surface area contributed by atoms with E-state index in [2.05, 4.69) is 15.8 Å². The first-order chi connectivity index (χ1) is 17.4. The van der Waals surface area contributed by atoms with Gasteiger partial charge in [0.25, 0.3) is 0 Å². The smallest absolute Gasteiger partial charge is 0.343 e. The summed E-state index contributed by atoms with van der Waals surface area (Å²) in [6.45, 7) is 1.81. The molecule has 0 atom stereocenters. The number of esters is 2. The van der Waals surface area contributed by atoms with Crippen molar-refractivity contribution in [3.05, 3.63) is 81.2 Å². The minimum Gasteiger partial charge on any atom is -0.465 e. The predicted molar refractivity (Wildman–Crippen MR) is 135 cm³/mol. The summed E-state index contributed by atoms with van der Waals surface area (Å²) >= 11 is 1.27. The number of anilines is 1. The Balaban J connectivity index is 1.41. The molecule has 0 saturated carbocycles. The van der Waals surface area contributed by atoms with E-state index in [1.165, 1.54) is 24.7 Å². The van der Waals surface area contributed by atoms with Gasteiger partial charge in [-0.15, -0.1) is 11.3 Å². The number of amides is 2. The lowest BCUT2D eigenvalue weighted by Crippen LogP contribution is -2.32. The normalized spacial score (nSPS) is 12.2. The van der Waals surface area contributed by atoms with Crippen molar-refractivity contribution >= 4 is 46.3 Å². The SMILES string of the molecule is COC(=O)c1c(NC(=O)C(=O)NN=Cc2ccccc2OC(=O)c2ccccc2C)sc2c1CCC2. The zero-order chi connectivity index (χ0) is 25.7. The largest absolute Gasteiger partial charge is 0.465 e. The number of hydrogen-bond donors (Lipinski definition) is 2. The number of para-hydroxylation sites is 1. The molecule has 0 aliphatic heterocycles. The Bertz CT molecular complexity index is 1380. The zero-order valence-corrected chi connectivity index (χ0v) is 20.4. The third-order valence-corrected chi connectivity index (χ3v) is 6.81. The van der Waals surface area contributed by atoms with Gasteiger partial charge in [0.05, 0.1) is 24.5 Å². The summed E-state index contributed by atoms with van der Waals surface area (Å²) in [5.41, 5.74) is 4.93. The molecule has 1 aliphatic carbocycles. The van der Waals surface area contributed by atoms with Gasteiger partial charge in [-0.05, 0) is 55.5 Å². The van der Waals surface area contributed by atoms with Crippen LogP contribution in [0.1, 0.15) is 48.7 Å². The molecule has 1 heterocycles. The Kier molecular flexibility index (Phi) is 7.55. The van der Waals surface area contributed by atoms with E-state index in [0.717, 1.165) is 35.3 Å². The van der Waals surface area contributed by atoms with E-state index in [0.29, 0.717) is 16.7 Å². The fraction of sp³-hybridized carbons (Fsp3) is 0.192. The average molecular weight is 506 g/mol. The topological polar surface area (TPSA) is 123 Å². The lowest BCUT2D eigenvalue weighted by molar-refractivity contribution is -0.136. The van der Waals surface area contributed by atoms with Crippen LogP contribution >= 0.6 is 11.3 Å². The van der Waals surface area contributed by atoms with E-state index >= 15 is 0 Å². The van der Waals surface area contributed by atoms with E-state index in [4.69, 9.17) is 9.47 Å². The summed E-state index contributed by atoms with van der Waals surface area (Å²) in [5.74, 6) is -2.84. The number of nitrogens with zero attached hydrogens (tertiary/aromatic N) is 1. The fourth-order valence-corrected chi connectivity index (χ4v) is 5.09. The highest BCUT2D eigenvalue weighted by Crippen LogP contribution is 2.39. The minimum atomic E-state index is -1.02. The van der Waals surface area contributed by atoms with Crippen LogP contribution in [-0.4, -0.2) is 37.1 Å². The maximum atomic E-state index is 12.6. The van der Waals surface area contributed by atoms with Crippen molar-refractivity contribution in [3.8, 4) is 5.75 Å². The van der Waals surface area contributed by atoms with Crippen molar-refractivity contribution in [3.63, 3.8) is 0 Å². The zero-order valence-electron chi connectivity index (χ0n) is 19.6. The molecule has 1 aromatic heterocycles. The Morgan fingerprint density at radius 1 is 0.972 bits per heavy atom. The fourth-order valence-electron chi connectivity index (χ4n) is 3.82. The van der Waals surface area contributed by atoms with E-state index in [1.807, 2.05) is 19.1 Å². The molecule has 0 unspecified atom stereocenters. The van der Waals surface area contributed by atoms with Crippen LogP contribution in [0.3, 0.4) is 0 Å². The minimum absolute atomic E-state index is 0.240. The Labute approximate surface area is 211 Å². The van der Waals surface area contributed by atoms with Crippen molar-refractivity contribution in [2.45, 2.75) is 26.2 Å². The number of methoxy groups -OCH3 is 1. The molecule has 1 aliphatic rings. The average Bonchev–Trinajstić information content (AvgIpc) is 3.45. The monoisotopic (exact) mass is 505 g/mol. The van der Waals surface area contributed by atoms with Crippen LogP contribution in [0.15, 0.2) is 53.6 Å². The third kappa shape index (κ3) is 5.33. The molecule has 0 spiro atoms. The van der Waals surface area contributed by atoms with Gasteiger partial charge < -0.3 is 14.8 Å². The van der Waals surface area contributed by atoms with Crippen LogP contribution in [0.4, 0.5) is 5.00 Å². The number of aryl methyl sites for hydroxylation is 2. The van der Waals surface area contributed by atoms with Crippen molar-refractivity contribution in [1.82, 2.24) is 5.43 Å². The second-order valence-electron chi connectivity index (χ2n) is 7.95. The van der Waals surface area contributed by atoms with Crippen LogP contribution in [0.5, 0.6) is 5.75 Å². The maximum Gasteiger partial charge on any atom is 0.343 e. The summed E-state index contributed by atoms with van der Waals surface area (Å²) < 4.78 is 10.4. The maximum absolute atomic E-state index is 12.6. The number of ether oxygens (including phenoxy) is 2. The number of benzene rings is 2. The molecule has 2 N–H and O–H groups in total. The van der Waals surface area contributed by atoms with Gasteiger partial charge in [0.2, 0.25) is 0 Å². The number of thiophene rings is 1. The standard InChI is InChI=1S/C26H23N3O6S/c1-15-8-3-5-10-17(15)25(32)35-19-12-6-4-9-16(19)14-27-29-23(31)22(30)28-24-21(26(33)34-2)18-11-7-13-20(18)36-24/h3-6,8-10,12,14H,7,11,13H2,1-2H3,(H,28,30)(H,29,31). The lowest BCUT2D eigenvalue weighted by Gasteiger charge is -2.09. The highest BCUT2D eigenvalue weighted by Gasteiger charge is 2.29. The van der Waals surface area contributed by atoms with Crippen molar-refractivity contribution in [1.29, 1.82) is 0 Å². The summed E-state index contributed by atoms with van der Waals surface area (Å²) in [5, 5.41) is 6.59. The van der Waals surface area contributed by atoms with Gasteiger partial charge in [0.15, 0.2) is 0 Å². The molecule has 9 nitrogen and oxygen atoms in total. The van der Waals surface area contributed by atoms with E-state index in [9.17, 15) is 19.2 Å². The first-order valence-corrected chi connectivity index (χ1v) is 11.9. The number of hydrazone groups is 1. The predicted octanol–water partition coefficient (Wildman–Crippen LogP) is 3.64. The van der Waals surface area contributed by atoms with Gasteiger partial charge in [-0.2, -0.15) is 5.10 Å². The number of hydrogen-bond acceptors (Lipinski definition) is 8. The van der Waals surface area contributed by atoms with Crippen LogP contribution in [0.25, 0.3) is 0 Å². The number of carbonyl (C=O) groups is 4. The second-order valence-corrected chi connectivity index (χ2v) is 9.05. The molecule has 4 rings (SSSR count). The summed E-state index contributed by atoms with van der Waals surface area (Å²) in [4.78, 5) is 50.5. The molecule has 36 heavy (non-hydrogen) atoms. The molecule has 0 fully saturated rings. The molecule has 3 aromatic rings. The number of carbonyl (C=O) groups excluding carboxylic acids is 4. The molecule has 0 radical (unpaired) electrons. The van der Waals surface area contributed by atoms with Crippen LogP contribution in [0, 0.1) is 6.92 Å². The summed E-state index contributed by atoms with van der Waals surface area (Å²) in [6.07, 6.45) is 3.72. The van der Waals surface area contributed by atoms with Crippen molar-refractivity contribution < 1.29 is 28.7 Å². The quantitative estimate of drug-likeness (QED) is 0.173. The van der Waals surface area contributed by atoms with Crippen LogP contribution in [0.2, 0.25) is 0 Å². The van der Waals surface area contributed by atoms with Crippen molar-refractivity contribution in [2.24, 2.45) is 5.10 Å². The Morgan fingerprint density at radius 2 is 1.72 bits per heavy atom. The van der Waals surface area contributed by atoms with Gasteiger partial charge in [0, 0.05) is 10.4 Å². The number of rotatable bonds is 6. The molecule has 10 heteroatoms. The van der Waals surface area contributed by atoms with Crippen molar-refractivity contribution in [2.75, 3.05) is 12.4 Å². The van der Waals surface area contributed by atoms with E-state index < -0.39 is 23.8 Å². The van der Waals surface area contributed by atoms with Gasteiger partial charge in [-0.1, -0.05) is 30.3 Å². The molecular weight excluding hydrogens is 482 g/mol. The van der Waals surface area contributed by atoms with Crippen LogP contribution in [-0.2, 0) is 27.2 Å². The van der Waals surface area contributed by atoms with E-state index in [-0.39, 0.29) is 10.8 Å². The summed E-state index contributed by atoms with van der Waals surface area (Å²) in [7, 11) is 1.27. The Hall–Kier alpha value is -4.31.